The van der Waals surface area contributed by atoms with Crippen LogP contribution in [0.4, 0.5) is 0 Å². The van der Waals surface area contributed by atoms with Crippen LogP contribution in [0.15, 0.2) is 146 Å². The molecule has 10 heterocycles. The minimum atomic E-state index is -1.48. The van der Waals surface area contributed by atoms with E-state index in [2.05, 4.69) is 222 Å². The molecule has 12 bridgehead atoms. The van der Waals surface area contributed by atoms with Crippen LogP contribution in [0.2, 0.25) is 52.4 Å². The Morgan fingerprint density at radius 2 is 0.317 bits per heavy atom. The summed E-state index contributed by atoms with van der Waals surface area (Å²) in [6.07, 6.45) is 9.06. The Hall–Kier alpha value is -4.33. The molecule has 308 valence electrons. The number of rotatable bonds is 0. The van der Waals surface area contributed by atoms with E-state index in [1.165, 1.54) is 115 Å². The summed E-state index contributed by atoms with van der Waals surface area (Å²) >= 11 is 0. The third-order valence-corrected chi connectivity index (χ3v) is 23.3. The largest absolute Gasteiger partial charge is 0.0689 e. The average molecular weight is 854 g/mol. The van der Waals surface area contributed by atoms with Gasteiger partial charge in [0.1, 0.15) is 0 Å². The van der Waals surface area contributed by atoms with Gasteiger partial charge in [0.15, 0.2) is 0 Å². The van der Waals surface area contributed by atoms with Crippen molar-refractivity contribution in [3.8, 4) is 0 Å². The van der Waals surface area contributed by atoms with Crippen LogP contribution >= 0.6 is 0 Å². The van der Waals surface area contributed by atoms with Crippen LogP contribution in [-0.4, -0.2) is 32.3 Å². The lowest BCUT2D eigenvalue weighted by Crippen LogP contribution is -2.33. The summed E-state index contributed by atoms with van der Waals surface area (Å²) in [4.78, 5) is 0. The van der Waals surface area contributed by atoms with Gasteiger partial charge in [0.05, 0.1) is 32.3 Å². The second kappa shape index (κ2) is 18.7. The Bertz CT molecular complexity index is 2020. The van der Waals surface area contributed by atoms with Crippen molar-refractivity contribution >= 4 is 56.6 Å². The molecule has 6 aromatic rings. The van der Waals surface area contributed by atoms with Crippen molar-refractivity contribution in [2.45, 2.75) is 101 Å². The lowest BCUT2D eigenvalue weighted by atomic mass is 10.1. The minimum absolute atomic E-state index is 1.20. The van der Waals surface area contributed by atoms with Gasteiger partial charge < -0.3 is 0 Å². The van der Waals surface area contributed by atoms with Gasteiger partial charge in [0.25, 0.3) is 0 Å². The summed E-state index contributed by atoms with van der Waals surface area (Å²) in [5, 5.41) is 0. The maximum absolute atomic E-state index is 2.55. The third-order valence-electron chi connectivity index (χ3n) is 12.4. The van der Waals surface area contributed by atoms with Crippen LogP contribution in [0.25, 0.3) is 24.3 Å². The van der Waals surface area contributed by atoms with Gasteiger partial charge in [-0.3, -0.25) is 0 Å². The highest BCUT2D eigenvalue weighted by Crippen LogP contribution is 2.25. The molecule has 0 spiro atoms. The van der Waals surface area contributed by atoms with Gasteiger partial charge in [-0.15, -0.1) is 0 Å². The molecule has 6 aromatic carbocycles. The summed E-state index contributed by atoms with van der Waals surface area (Å²) in [5.41, 5.74) is 16.9. The SMILES string of the molecule is C[Si]1(C)Cc2ccc(cc2)/C=C\c2ccc(cc2)C[Si](C)(C)Cc2ccc(cc2)C[Si](C)(C)Cc2ccc(cc2)/C=C/c2ccc(cc2)C[Si](C)(C)Cc2ccc(cc2)C1. The lowest BCUT2D eigenvalue weighted by molar-refractivity contribution is 1.18. The molecule has 16 rings (SSSR count). The van der Waals surface area contributed by atoms with Crippen LogP contribution < -0.4 is 0 Å². The van der Waals surface area contributed by atoms with Gasteiger partial charge in [-0.25, -0.2) is 0 Å². The van der Waals surface area contributed by atoms with E-state index in [4.69, 9.17) is 0 Å². The van der Waals surface area contributed by atoms with Gasteiger partial charge in [-0.05, 0) is 70.6 Å². The normalized spacial score (nSPS) is 18.9. The Balaban J connectivity index is 1.07. The first-order chi connectivity index (χ1) is 28.5. The van der Waals surface area contributed by atoms with Crippen molar-refractivity contribution in [2.75, 3.05) is 0 Å². The topological polar surface area (TPSA) is 0 Å². The van der Waals surface area contributed by atoms with Gasteiger partial charge in [0.2, 0.25) is 0 Å². The van der Waals surface area contributed by atoms with E-state index in [1.54, 1.807) is 0 Å². The molecule has 0 saturated heterocycles. The van der Waals surface area contributed by atoms with Crippen LogP contribution in [0.3, 0.4) is 0 Å². The highest BCUT2D eigenvalue weighted by molar-refractivity contribution is 6.77. The predicted octanol–water partition coefficient (Wildman–Crippen LogP) is 14.6. The molecular weight excluding hydrogens is 785 g/mol. The van der Waals surface area contributed by atoms with Crippen molar-refractivity contribution in [2.24, 2.45) is 0 Å². The van der Waals surface area contributed by atoms with Crippen LogP contribution in [0.5, 0.6) is 0 Å². The van der Waals surface area contributed by atoms with Crippen molar-refractivity contribution < 1.29 is 0 Å². The fraction of sp³-hybridized carbons (Fsp3) is 0.286. The Morgan fingerprint density at radius 3 is 0.450 bits per heavy atom. The first kappa shape index (κ1) is 43.7. The highest BCUT2D eigenvalue weighted by Gasteiger charge is 2.26. The second-order valence-corrected chi connectivity index (χ2v) is 41.5. The van der Waals surface area contributed by atoms with Crippen molar-refractivity contribution in [3.05, 3.63) is 212 Å². The van der Waals surface area contributed by atoms with E-state index in [0.717, 1.165) is 0 Å². The minimum Gasteiger partial charge on any atom is -0.0689 e. The van der Waals surface area contributed by atoms with E-state index in [1.807, 2.05) is 0 Å². The maximum Gasteiger partial charge on any atom is 0.0561 e. The predicted molar refractivity (Wildman–Crippen MR) is 276 cm³/mol. The second-order valence-electron chi connectivity index (χ2n) is 21.3. The molecule has 10 aliphatic rings. The smallest absolute Gasteiger partial charge is 0.0561 e. The Morgan fingerprint density at radius 1 is 0.200 bits per heavy atom. The molecule has 0 amide bonds. The summed E-state index contributed by atoms with van der Waals surface area (Å²) in [7, 11) is -5.93. The van der Waals surface area contributed by atoms with Crippen LogP contribution in [0, 0.1) is 0 Å². The Kier molecular flexibility index (Phi) is 13.7. The molecule has 0 aromatic heterocycles. The summed E-state index contributed by atoms with van der Waals surface area (Å²) < 4.78 is 0. The quantitative estimate of drug-likeness (QED) is 0.134. The zero-order valence-corrected chi connectivity index (χ0v) is 41.8. The molecule has 0 nitrogen and oxygen atoms in total. The van der Waals surface area contributed by atoms with Gasteiger partial charge >= 0.3 is 0 Å². The standard InChI is InChI=1S/C56H68Si4/c1-57(2)37-49-21-13-45(14-22-49)9-10-46-15-23-51(24-16-46)39-59(5,6)43-55-33-35-56(36-34-55)44-60(7,8)40-52-27-19-48(20-28-52)12-11-47-17-25-50(26-18-47)38-58(3,4)42-54-31-29-53(41-57)30-32-54/h9-36H,37-44H2,1-8H3/b10-9-,12-11+. The first-order valence-electron chi connectivity index (χ1n) is 22.4. The molecule has 0 N–H and O–H groups in total. The summed E-state index contributed by atoms with van der Waals surface area (Å²) in [5.74, 6) is 0. The molecular formula is C56H68Si4. The zero-order chi connectivity index (χ0) is 42.4. The fourth-order valence-electron chi connectivity index (χ4n) is 9.59. The molecule has 4 heteroatoms. The van der Waals surface area contributed by atoms with E-state index >= 15 is 0 Å². The van der Waals surface area contributed by atoms with E-state index < -0.39 is 32.3 Å². The maximum atomic E-state index is 2.55. The lowest BCUT2D eigenvalue weighted by Gasteiger charge is -2.24. The van der Waals surface area contributed by atoms with Crippen molar-refractivity contribution in [3.63, 3.8) is 0 Å². The van der Waals surface area contributed by atoms with Gasteiger partial charge in [-0.2, -0.15) is 0 Å². The number of benzene rings is 6. The third kappa shape index (κ3) is 13.3. The Labute approximate surface area is 367 Å². The van der Waals surface area contributed by atoms with E-state index in [0.29, 0.717) is 0 Å². The monoisotopic (exact) mass is 852 g/mol. The van der Waals surface area contributed by atoms with Crippen molar-refractivity contribution in [1.82, 2.24) is 0 Å². The highest BCUT2D eigenvalue weighted by atomic mass is 28.3. The molecule has 0 atom stereocenters. The molecule has 0 fully saturated rings. The number of hydrogen-bond acceptors (Lipinski definition) is 0. The van der Waals surface area contributed by atoms with Crippen molar-refractivity contribution in [1.29, 1.82) is 0 Å². The fourth-order valence-corrected chi connectivity index (χ4v) is 20.8. The molecule has 0 saturated carbocycles. The van der Waals surface area contributed by atoms with Crippen LogP contribution in [-0.2, 0) is 48.4 Å². The number of hydrogen-bond donors (Lipinski definition) is 0. The molecule has 0 aliphatic carbocycles. The van der Waals surface area contributed by atoms with E-state index in [-0.39, 0.29) is 0 Å². The van der Waals surface area contributed by atoms with Gasteiger partial charge in [0, 0.05) is 0 Å². The summed E-state index contributed by atoms with van der Waals surface area (Å²) in [6, 6.07) is 66.3. The first-order valence-corrected chi connectivity index (χ1v) is 36.1. The molecule has 0 radical (unpaired) electrons. The van der Waals surface area contributed by atoms with Crippen LogP contribution in [0.1, 0.15) is 66.8 Å². The van der Waals surface area contributed by atoms with E-state index in [9.17, 15) is 0 Å². The van der Waals surface area contributed by atoms with Gasteiger partial charge in [-0.1, -0.05) is 267 Å². The molecule has 10 aliphatic heterocycles. The molecule has 0 unspecified atom stereocenters. The summed E-state index contributed by atoms with van der Waals surface area (Å²) in [6.45, 7) is 20.4. The zero-order valence-electron chi connectivity index (χ0n) is 37.8. The average Bonchev–Trinajstić information content (AvgIpc) is 3.19. The molecule has 60 heavy (non-hydrogen) atoms.